The van der Waals surface area contributed by atoms with Gasteiger partial charge in [-0.3, -0.25) is 0 Å². The molecule has 2 heterocycles. The highest BCUT2D eigenvalue weighted by molar-refractivity contribution is 5.95. The molecule has 1 aromatic carbocycles. The highest BCUT2D eigenvalue weighted by Gasteiger charge is 2.20. The van der Waals surface area contributed by atoms with Crippen molar-refractivity contribution in [2.45, 2.75) is 6.92 Å². The van der Waals surface area contributed by atoms with Crippen molar-refractivity contribution in [1.29, 1.82) is 0 Å². The van der Waals surface area contributed by atoms with Crippen LogP contribution in [0.4, 0.5) is 5.95 Å². The topological polar surface area (TPSA) is 75.5 Å². The molecule has 0 amide bonds. The largest absolute Gasteiger partial charge is 0.478 e. The van der Waals surface area contributed by atoms with Crippen LogP contribution in [-0.2, 0) is 4.74 Å². The van der Waals surface area contributed by atoms with E-state index in [-0.39, 0.29) is 5.56 Å². The molecule has 1 N–H and O–H groups in total. The summed E-state index contributed by atoms with van der Waals surface area (Å²) in [7, 11) is 0. The molecule has 0 aliphatic carbocycles. The minimum Gasteiger partial charge on any atom is -0.478 e. The first-order valence-corrected chi connectivity index (χ1v) is 7.16. The lowest BCUT2D eigenvalue weighted by molar-refractivity contribution is 0.0697. The third-order valence-electron chi connectivity index (χ3n) is 3.70. The SMILES string of the molecule is Cc1ccccc1-c1nc(N2CCOCC2)ncc1C(=O)O. The minimum atomic E-state index is -1.02. The summed E-state index contributed by atoms with van der Waals surface area (Å²) in [5.41, 5.74) is 2.38. The average Bonchev–Trinajstić information content (AvgIpc) is 2.55. The van der Waals surface area contributed by atoms with Crippen molar-refractivity contribution in [3.05, 3.63) is 41.6 Å². The number of aromatic nitrogens is 2. The molecule has 0 unspecified atom stereocenters. The molecular weight excluding hydrogens is 282 g/mol. The van der Waals surface area contributed by atoms with Crippen LogP contribution in [-0.4, -0.2) is 47.3 Å². The molecule has 0 atom stereocenters. The number of aryl methyl sites for hydroxylation is 1. The van der Waals surface area contributed by atoms with Gasteiger partial charge in [-0.25, -0.2) is 14.8 Å². The van der Waals surface area contributed by atoms with Gasteiger partial charge in [-0.1, -0.05) is 24.3 Å². The molecule has 6 heteroatoms. The fourth-order valence-corrected chi connectivity index (χ4v) is 2.49. The third-order valence-corrected chi connectivity index (χ3v) is 3.70. The highest BCUT2D eigenvalue weighted by atomic mass is 16.5. The monoisotopic (exact) mass is 299 g/mol. The number of hydrogen-bond acceptors (Lipinski definition) is 5. The molecule has 1 saturated heterocycles. The Hall–Kier alpha value is -2.47. The Labute approximate surface area is 128 Å². The van der Waals surface area contributed by atoms with Crippen LogP contribution in [0.15, 0.2) is 30.5 Å². The summed E-state index contributed by atoms with van der Waals surface area (Å²) in [4.78, 5) is 22.2. The van der Waals surface area contributed by atoms with Crippen LogP contribution in [0.2, 0.25) is 0 Å². The van der Waals surface area contributed by atoms with E-state index in [4.69, 9.17) is 4.74 Å². The van der Waals surface area contributed by atoms with Crippen molar-refractivity contribution in [3.63, 3.8) is 0 Å². The van der Waals surface area contributed by atoms with E-state index < -0.39 is 5.97 Å². The van der Waals surface area contributed by atoms with E-state index in [1.54, 1.807) is 0 Å². The zero-order valence-corrected chi connectivity index (χ0v) is 12.3. The van der Waals surface area contributed by atoms with Crippen molar-refractivity contribution in [3.8, 4) is 11.3 Å². The molecule has 0 spiro atoms. The minimum absolute atomic E-state index is 0.117. The summed E-state index contributed by atoms with van der Waals surface area (Å²) < 4.78 is 5.33. The Balaban J connectivity index is 2.09. The Kier molecular flexibility index (Phi) is 4.02. The maximum atomic E-state index is 11.5. The van der Waals surface area contributed by atoms with E-state index in [0.717, 1.165) is 11.1 Å². The number of carboxylic acids is 1. The number of rotatable bonds is 3. The molecule has 0 bridgehead atoms. The Morgan fingerprint density at radius 2 is 2.00 bits per heavy atom. The summed E-state index contributed by atoms with van der Waals surface area (Å²) >= 11 is 0. The number of ether oxygens (including phenoxy) is 1. The van der Waals surface area contributed by atoms with Gasteiger partial charge in [0, 0.05) is 24.8 Å². The Morgan fingerprint density at radius 1 is 1.27 bits per heavy atom. The normalized spacial score (nSPS) is 14.9. The second kappa shape index (κ2) is 6.11. The lowest BCUT2D eigenvalue weighted by Crippen LogP contribution is -2.37. The second-order valence-corrected chi connectivity index (χ2v) is 5.15. The van der Waals surface area contributed by atoms with E-state index >= 15 is 0 Å². The van der Waals surface area contributed by atoms with Crippen LogP contribution < -0.4 is 4.90 Å². The van der Waals surface area contributed by atoms with Gasteiger partial charge in [-0.2, -0.15) is 0 Å². The first kappa shape index (κ1) is 14.5. The van der Waals surface area contributed by atoms with Crippen LogP contribution in [0.1, 0.15) is 15.9 Å². The number of carbonyl (C=O) groups is 1. The molecule has 0 saturated carbocycles. The van der Waals surface area contributed by atoms with Crippen molar-refractivity contribution < 1.29 is 14.6 Å². The molecule has 22 heavy (non-hydrogen) atoms. The van der Waals surface area contributed by atoms with E-state index in [1.807, 2.05) is 36.1 Å². The van der Waals surface area contributed by atoms with E-state index in [0.29, 0.717) is 37.9 Å². The summed E-state index contributed by atoms with van der Waals surface area (Å²) in [6.45, 7) is 4.62. The summed E-state index contributed by atoms with van der Waals surface area (Å²) in [5.74, 6) is -0.474. The van der Waals surface area contributed by atoms with E-state index in [1.165, 1.54) is 6.20 Å². The zero-order valence-electron chi connectivity index (χ0n) is 12.3. The average molecular weight is 299 g/mol. The number of morpholine rings is 1. The second-order valence-electron chi connectivity index (χ2n) is 5.15. The van der Waals surface area contributed by atoms with Crippen LogP contribution >= 0.6 is 0 Å². The molecule has 114 valence electrons. The van der Waals surface area contributed by atoms with Gasteiger partial charge < -0.3 is 14.7 Å². The molecule has 1 aliphatic heterocycles. The van der Waals surface area contributed by atoms with Gasteiger partial charge in [0.25, 0.3) is 0 Å². The molecule has 3 rings (SSSR count). The number of hydrogen-bond donors (Lipinski definition) is 1. The number of nitrogens with zero attached hydrogens (tertiary/aromatic N) is 3. The van der Waals surface area contributed by atoms with Crippen molar-refractivity contribution in [1.82, 2.24) is 9.97 Å². The van der Waals surface area contributed by atoms with Crippen molar-refractivity contribution in [2.75, 3.05) is 31.2 Å². The zero-order chi connectivity index (χ0) is 15.5. The fourth-order valence-electron chi connectivity index (χ4n) is 2.49. The van der Waals surface area contributed by atoms with Crippen molar-refractivity contribution in [2.24, 2.45) is 0 Å². The first-order valence-electron chi connectivity index (χ1n) is 7.16. The first-order chi connectivity index (χ1) is 10.7. The number of aromatic carboxylic acids is 1. The molecule has 1 aliphatic rings. The molecule has 1 fully saturated rings. The van der Waals surface area contributed by atoms with Gasteiger partial charge >= 0.3 is 5.97 Å². The smallest absolute Gasteiger partial charge is 0.339 e. The molecular formula is C16H17N3O3. The Morgan fingerprint density at radius 3 is 2.68 bits per heavy atom. The quantitative estimate of drug-likeness (QED) is 0.934. The van der Waals surface area contributed by atoms with Gasteiger partial charge in [0.2, 0.25) is 5.95 Å². The van der Waals surface area contributed by atoms with E-state index in [9.17, 15) is 9.90 Å². The predicted octanol–water partition coefficient (Wildman–Crippen LogP) is 1.99. The summed E-state index contributed by atoms with van der Waals surface area (Å²) in [6, 6.07) is 7.62. The van der Waals surface area contributed by atoms with E-state index in [2.05, 4.69) is 9.97 Å². The lowest BCUT2D eigenvalue weighted by Gasteiger charge is -2.27. The maximum Gasteiger partial charge on any atom is 0.339 e. The standard InChI is InChI=1S/C16H17N3O3/c1-11-4-2-3-5-12(11)14-13(15(20)21)10-17-16(18-14)19-6-8-22-9-7-19/h2-5,10H,6-9H2,1H3,(H,20,21). The van der Waals surface area contributed by atoms with Gasteiger partial charge in [0.05, 0.1) is 18.9 Å². The molecule has 2 aromatic rings. The summed E-state index contributed by atoms with van der Waals surface area (Å²) in [5, 5.41) is 9.41. The van der Waals surface area contributed by atoms with Crippen LogP contribution in [0.5, 0.6) is 0 Å². The number of benzene rings is 1. The van der Waals surface area contributed by atoms with Gasteiger partial charge in [0.15, 0.2) is 0 Å². The highest BCUT2D eigenvalue weighted by Crippen LogP contribution is 2.26. The van der Waals surface area contributed by atoms with Gasteiger partial charge in [0.1, 0.15) is 5.56 Å². The molecule has 0 radical (unpaired) electrons. The summed E-state index contributed by atoms with van der Waals surface area (Å²) in [6.07, 6.45) is 1.39. The van der Waals surface area contributed by atoms with Crippen molar-refractivity contribution >= 4 is 11.9 Å². The van der Waals surface area contributed by atoms with Gasteiger partial charge in [-0.05, 0) is 12.5 Å². The number of anilines is 1. The molecule has 1 aromatic heterocycles. The van der Waals surface area contributed by atoms with Crippen LogP contribution in [0.3, 0.4) is 0 Å². The maximum absolute atomic E-state index is 11.5. The lowest BCUT2D eigenvalue weighted by atomic mass is 10.0. The van der Waals surface area contributed by atoms with Gasteiger partial charge in [-0.15, -0.1) is 0 Å². The third kappa shape index (κ3) is 2.78. The van der Waals surface area contributed by atoms with Crippen LogP contribution in [0.25, 0.3) is 11.3 Å². The molecule has 6 nitrogen and oxygen atoms in total. The number of carboxylic acid groups (broad SMARTS) is 1. The van der Waals surface area contributed by atoms with Crippen LogP contribution in [0, 0.1) is 6.92 Å². The predicted molar refractivity (Wildman–Crippen MR) is 82.2 cm³/mol. The fraction of sp³-hybridized carbons (Fsp3) is 0.312. The Bertz CT molecular complexity index is 697.